The zero-order valence-corrected chi connectivity index (χ0v) is 11.4. The third kappa shape index (κ3) is 2.76. The number of ether oxygens (including phenoxy) is 2. The fourth-order valence-corrected chi connectivity index (χ4v) is 2.60. The lowest BCUT2D eigenvalue weighted by Gasteiger charge is -2.27. The molecule has 1 aromatic carbocycles. The molecule has 0 bridgehead atoms. The number of aliphatic hydroxyl groups is 1. The SMILES string of the molecule is COc1ccc(C2(O)CC2)cc1CN1CCOCC1. The summed E-state index contributed by atoms with van der Waals surface area (Å²) in [4.78, 5) is 2.36. The normalized spacial score (nSPS) is 22.2. The first-order valence-corrected chi connectivity index (χ1v) is 6.91. The van der Waals surface area contributed by atoms with Crippen LogP contribution in [0.15, 0.2) is 18.2 Å². The van der Waals surface area contributed by atoms with Crippen molar-refractivity contribution in [1.29, 1.82) is 0 Å². The first kappa shape index (κ1) is 12.9. The van der Waals surface area contributed by atoms with Gasteiger partial charge >= 0.3 is 0 Å². The van der Waals surface area contributed by atoms with Crippen LogP contribution in [0.2, 0.25) is 0 Å². The minimum Gasteiger partial charge on any atom is -0.496 e. The minimum atomic E-state index is -0.577. The van der Waals surface area contributed by atoms with Gasteiger partial charge in [-0.3, -0.25) is 4.90 Å². The van der Waals surface area contributed by atoms with Crippen LogP contribution >= 0.6 is 0 Å². The largest absolute Gasteiger partial charge is 0.496 e. The Kier molecular flexibility index (Phi) is 3.48. The molecule has 1 aromatic rings. The standard InChI is InChI=1S/C15H21NO3/c1-18-14-3-2-13(15(17)4-5-15)10-12(14)11-16-6-8-19-9-7-16/h2-3,10,17H,4-9,11H2,1H3. The molecule has 1 saturated heterocycles. The van der Waals surface area contributed by atoms with E-state index in [1.165, 1.54) is 0 Å². The predicted molar refractivity (Wildman–Crippen MR) is 72.2 cm³/mol. The first-order chi connectivity index (χ1) is 9.21. The van der Waals surface area contributed by atoms with Crippen molar-refractivity contribution in [3.05, 3.63) is 29.3 Å². The van der Waals surface area contributed by atoms with Crippen molar-refractivity contribution in [3.8, 4) is 5.75 Å². The predicted octanol–water partition coefficient (Wildman–Crippen LogP) is 1.51. The lowest BCUT2D eigenvalue weighted by Crippen LogP contribution is -2.35. The third-order valence-corrected chi connectivity index (χ3v) is 4.04. The van der Waals surface area contributed by atoms with Crippen molar-refractivity contribution in [1.82, 2.24) is 4.90 Å². The highest BCUT2D eigenvalue weighted by molar-refractivity contribution is 5.41. The fraction of sp³-hybridized carbons (Fsp3) is 0.600. The summed E-state index contributed by atoms with van der Waals surface area (Å²) < 4.78 is 10.8. The van der Waals surface area contributed by atoms with Gasteiger partial charge in [0, 0.05) is 25.2 Å². The molecule has 3 rings (SSSR count). The Morgan fingerprint density at radius 1 is 1.32 bits per heavy atom. The first-order valence-electron chi connectivity index (χ1n) is 6.91. The Balaban J connectivity index is 1.80. The third-order valence-electron chi connectivity index (χ3n) is 4.04. The van der Waals surface area contributed by atoms with E-state index in [4.69, 9.17) is 9.47 Å². The zero-order valence-electron chi connectivity index (χ0n) is 11.4. The Morgan fingerprint density at radius 2 is 2.05 bits per heavy atom. The van der Waals surface area contributed by atoms with Crippen LogP contribution in [0.5, 0.6) is 5.75 Å². The summed E-state index contributed by atoms with van der Waals surface area (Å²) >= 11 is 0. The van der Waals surface area contributed by atoms with Crippen molar-refractivity contribution < 1.29 is 14.6 Å². The molecule has 1 N–H and O–H groups in total. The maximum absolute atomic E-state index is 10.2. The summed E-state index contributed by atoms with van der Waals surface area (Å²) in [5, 5.41) is 10.2. The van der Waals surface area contributed by atoms with E-state index in [0.29, 0.717) is 0 Å². The fourth-order valence-electron chi connectivity index (χ4n) is 2.60. The number of methoxy groups -OCH3 is 1. The Bertz CT molecular complexity index is 451. The highest BCUT2D eigenvalue weighted by Crippen LogP contribution is 2.46. The molecule has 4 nitrogen and oxygen atoms in total. The molecule has 0 amide bonds. The second kappa shape index (κ2) is 5.12. The second-order valence-corrected chi connectivity index (χ2v) is 5.45. The van der Waals surface area contributed by atoms with Crippen LogP contribution in [0.1, 0.15) is 24.0 Å². The molecule has 2 fully saturated rings. The summed E-state index contributed by atoms with van der Waals surface area (Å²) in [5.74, 6) is 0.902. The van der Waals surface area contributed by atoms with Gasteiger partial charge in [-0.1, -0.05) is 6.07 Å². The maximum atomic E-state index is 10.2. The smallest absolute Gasteiger partial charge is 0.123 e. The second-order valence-electron chi connectivity index (χ2n) is 5.45. The highest BCUT2D eigenvalue weighted by Gasteiger charge is 2.42. The average molecular weight is 263 g/mol. The van der Waals surface area contributed by atoms with Gasteiger partial charge in [-0.15, -0.1) is 0 Å². The highest BCUT2D eigenvalue weighted by atomic mass is 16.5. The van der Waals surface area contributed by atoms with Crippen molar-refractivity contribution in [2.45, 2.75) is 25.0 Å². The molecule has 0 atom stereocenters. The van der Waals surface area contributed by atoms with Crippen molar-refractivity contribution in [3.63, 3.8) is 0 Å². The Morgan fingerprint density at radius 3 is 2.68 bits per heavy atom. The molecule has 0 aromatic heterocycles. The number of morpholine rings is 1. The van der Waals surface area contributed by atoms with E-state index in [0.717, 1.165) is 62.6 Å². The molecule has 19 heavy (non-hydrogen) atoms. The summed E-state index contributed by atoms with van der Waals surface area (Å²) in [7, 11) is 1.70. The van der Waals surface area contributed by atoms with Gasteiger partial charge in [0.2, 0.25) is 0 Å². The van der Waals surface area contributed by atoms with E-state index in [2.05, 4.69) is 11.0 Å². The van der Waals surface area contributed by atoms with E-state index in [9.17, 15) is 5.11 Å². The molecule has 4 heteroatoms. The van der Waals surface area contributed by atoms with E-state index in [1.54, 1.807) is 7.11 Å². The average Bonchev–Trinajstić information content (AvgIpc) is 3.19. The van der Waals surface area contributed by atoms with E-state index in [1.807, 2.05) is 12.1 Å². The van der Waals surface area contributed by atoms with Gasteiger partial charge in [-0.25, -0.2) is 0 Å². The number of rotatable bonds is 4. The van der Waals surface area contributed by atoms with E-state index < -0.39 is 5.60 Å². The van der Waals surface area contributed by atoms with Crippen molar-refractivity contribution >= 4 is 0 Å². The van der Waals surface area contributed by atoms with Gasteiger partial charge in [0.25, 0.3) is 0 Å². The number of benzene rings is 1. The lowest BCUT2D eigenvalue weighted by molar-refractivity contribution is 0.0338. The topological polar surface area (TPSA) is 41.9 Å². The molecule has 1 heterocycles. The van der Waals surface area contributed by atoms with Gasteiger partial charge in [0.15, 0.2) is 0 Å². The number of hydrogen-bond acceptors (Lipinski definition) is 4. The van der Waals surface area contributed by atoms with E-state index in [-0.39, 0.29) is 0 Å². The van der Waals surface area contributed by atoms with Gasteiger partial charge in [-0.2, -0.15) is 0 Å². The molecule has 1 saturated carbocycles. The van der Waals surface area contributed by atoms with Crippen LogP contribution in [0.4, 0.5) is 0 Å². The minimum absolute atomic E-state index is 0.577. The monoisotopic (exact) mass is 263 g/mol. The molecule has 1 aliphatic carbocycles. The zero-order chi connectivity index (χ0) is 13.3. The quantitative estimate of drug-likeness (QED) is 0.894. The molecule has 0 radical (unpaired) electrons. The van der Waals surface area contributed by atoms with Gasteiger partial charge in [-0.05, 0) is 30.5 Å². The molecule has 1 aliphatic heterocycles. The van der Waals surface area contributed by atoms with Crippen LogP contribution in [-0.2, 0) is 16.9 Å². The summed E-state index contributed by atoms with van der Waals surface area (Å²) in [6.45, 7) is 4.36. The Hall–Kier alpha value is -1.10. The van der Waals surface area contributed by atoms with Crippen LogP contribution in [-0.4, -0.2) is 43.4 Å². The molecule has 2 aliphatic rings. The molecular formula is C15H21NO3. The molecular weight excluding hydrogens is 242 g/mol. The number of nitrogens with zero attached hydrogens (tertiary/aromatic N) is 1. The van der Waals surface area contributed by atoms with E-state index >= 15 is 0 Å². The maximum Gasteiger partial charge on any atom is 0.123 e. The molecule has 0 spiro atoms. The lowest BCUT2D eigenvalue weighted by atomic mass is 10.0. The van der Waals surface area contributed by atoms with Crippen LogP contribution in [0, 0.1) is 0 Å². The van der Waals surface area contributed by atoms with Crippen LogP contribution in [0.25, 0.3) is 0 Å². The van der Waals surface area contributed by atoms with Gasteiger partial charge in [0.1, 0.15) is 5.75 Å². The number of hydrogen-bond donors (Lipinski definition) is 1. The van der Waals surface area contributed by atoms with Crippen molar-refractivity contribution in [2.24, 2.45) is 0 Å². The summed E-state index contributed by atoms with van der Waals surface area (Å²) in [6, 6.07) is 6.05. The van der Waals surface area contributed by atoms with Crippen LogP contribution in [0.3, 0.4) is 0 Å². The molecule has 0 unspecified atom stereocenters. The van der Waals surface area contributed by atoms with Gasteiger partial charge in [0.05, 0.1) is 25.9 Å². The van der Waals surface area contributed by atoms with Gasteiger partial charge < -0.3 is 14.6 Å². The summed E-state index contributed by atoms with van der Waals surface area (Å²) in [6.07, 6.45) is 1.74. The van der Waals surface area contributed by atoms with Crippen molar-refractivity contribution in [2.75, 3.05) is 33.4 Å². The van der Waals surface area contributed by atoms with Crippen LogP contribution < -0.4 is 4.74 Å². The molecule has 104 valence electrons. The Labute approximate surface area is 113 Å². The summed E-state index contributed by atoms with van der Waals surface area (Å²) in [5.41, 5.74) is 1.60.